The van der Waals surface area contributed by atoms with E-state index in [2.05, 4.69) is 10.3 Å². The monoisotopic (exact) mass is 345 g/mol. The number of carbonyl (C=O) groups excluding carboxylic acids is 1. The molecule has 1 N–H and O–H groups in total. The normalized spacial score (nSPS) is 15.7. The van der Waals surface area contributed by atoms with Crippen LogP contribution in [0.25, 0.3) is 0 Å². The number of anilines is 2. The number of methoxy groups -OCH3 is 1. The van der Waals surface area contributed by atoms with Crippen LogP contribution >= 0.6 is 0 Å². The first-order valence-electron chi connectivity index (χ1n) is 8.43. The molecule has 0 bridgehead atoms. The lowest BCUT2D eigenvalue weighted by Crippen LogP contribution is -2.32. The minimum Gasteiger partial charge on any atom is -0.497 e. The molecule has 1 amide bonds. The van der Waals surface area contributed by atoms with E-state index in [1.165, 1.54) is 0 Å². The first-order chi connectivity index (χ1) is 12.7. The molecule has 1 atom stereocenters. The minimum atomic E-state index is -0.381. The van der Waals surface area contributed by atoms with Crippen LogP contribution in [0.5, 0.6) is 5.75 Å². The standard InChI is InChI=1S/C21H19N3O2/c1-14-8-10-16(11-9-14)24-20(19-18(21(24)25)7-4-12-22-19)23-15-5-3-6-17(13-15)26-2/h3-13,20,23H,1-2H3. The summed E-state index contributed by atoms with van der Waals surface area (Å²) in [5, 5.41) is 3.43. The van der Waals surface area contributed by atoms with Crippen molar-refractivity contribution in [3.8, 4) is 5.75 Å². The molecule has 0 fully saturated rings. The number of ether oxygens (including phenoxy) is 1. The fraction of sp³-hybridized carbons (Fsp3) is 0.143. The molecule has 5 heteroatoms. The van der Waals surface area contributed by atoms with Gasteiger partial charge in [-0.15, -0.1) is 0 Å². The van der Waals surface area contributed by atoms with Crippen LogP contribution in [0, 0.1) is 6.92 Å². The second kappa shape index (κ2) is 6.52. The number of carbonyl (C=O) groups is 1. The Morgan fingerprint density at radius 3 is 2.65 bits per heavy atom. The van der Waals surface area contributed by atoms with Crippen molar-refractivity contribution in [2.75, 3.05) is 17.3 Å². The lowest BCUT2D eigenvalue weighted by atomic mass is 10.2. The van der Waals surface area contributed by atoms with Gasteiger partial charge in [0.25, 0.3) is 5.91 Å². The Balaban J connectivity index is 1.76. The van der Waals surface area contributed by atoms with Gasteiger partial charge in [0.05, 0.1) is 18.4 Å². The van der Waals surface area contributed by atoms with Crippen molar-refractivity contribution in [1.29, 1.82) is 0 Å². The van der Waals surface area contributed by atoms with Crippen molar-refractivity contribution in [1.82, 2.24) is 4.98 Å². The molecule has 26 heavy (non-hydrogen) atoms. The summed E-state index contributed by atoms with van der Waals surface area (Å²) in [5.74, 6) is 0.694. The summed E-state index contributed by atoms with van der Waals surface area (Å²) < 4.78 is 5.30. The van der Waals surface area contributed by atoms with E-state index in [9.17, 15) is 4.79 Å². The number of pyridine rings is 1. The summed E-state index contributed by atoms with van der Waals surface area (Å²) in [7, 11) is 1.63. The van der Waals surface area contributed by atoms with Gasteiger partial charge >= 0.3 is 0 Å². The summed E-state index contributed by atoms with van der Waals surface area (Å²) in [6, 6.07) is 19.2. The number of hydrogen-bond acceptors (Lipinski definition) is 4. The molecule has 2 aromatic carbocycles. The number of nitrogens with zero attached hydrogens (tertiary/aromatic N) is 2. The fourth-order valence-corrected chi connectivity index (χ4v) is 3.16. The molecule has 0 aliphatic carbocycles. The van der Waals surface area contributed by atoms with Crippen molar-refractivity contribution in [2.24, 2.45) is 0 Å². The molecule has 0 saturated heterocycles. The molecule has 2 heterocycles. The number of rotatable bonds is 4. The highest BCUT2D eigenvalue weighted by atomic mass is 16.5. The van der Waals surface area contributed by atoms with Gasteiger partial charge in [0.2, 0.25) is 0 Å². The van der Waals surface area contributed by atoms with Crippen molar-refractivity contribution in [3.63, 3.8) is 0 Å². The van der Waals surface area contributed by atoms with E-state index >= 15 is 0 Å². The molecule has 0 saturated carbocycles. The quantitative estimate of drug-likeness (QED) is 0.771. The van der Waals surface area contributed by atoms with Gasteiger partial charge in [0.1, 0.15) is 5.75 Å². The molecular formula is C21H19N3O2. The predicted molar refractivity (Wildman–Crippen MR) is 102 cm³/mol. The zero-order valence-corrected chi connectivity index (χ0v) is 14.6. The number of benzene rings is 2. The Bertz CT molecular complexity index is 953. The van der Waals surface area contributed by atoms with Gasteiger partial charge in [-0.1, -0.05) is 23.8 Å². The van der Waals surface area contributed by atoms with E-state index in [4.69, 9.17) is 4.74 Å². The van der Waals surface area contributed by atoms with Crippen molar-refractivity contribution >= 4 is 17.3 Å². The average Bonchev–Trinajstić information content (AvgIpc) is 2.95. The van der Waals surface area contributed by atoms with Crippen LogP contribution in [0.2, 0.25) is 0 Å². The van der Waals surface area contributed by atoms with Gasteiger partial charge in [-0.2, -0.15) is 0 Å². The maximum Gasteiger partial charge on any atom is 0.262 e. The van der Waals surface area contributed by atoms with E-state index in [0.29, 0.717) is 5.56 Å². The zero-order valence-electron chi connectivity index (χ0n) is 14.6. The maximum absolute atomic E-state index is 13.0. The summed E-state index contributed by atoms with van der Waals surface area (Å²) >= 11 is 0. The lowest BCUT2D eigenvalue weighted by molar-refractivity contribution is 0.0993. The molecular weight excluding hydrogens is 326 g/mol. The first kappa shape index (κ1) is 16.1. The highest BCUT2D eigenvalue weighted by molar-refractivity contribution is 6.11. The van der Waals surface area contributed by atoms with Crippen LogP contribution in [-0.2, 0) is 0 Å². The second-order valence-corrected chi connectivity index (χ2v) is 6.23. The highest BCUT2D eigenvalue weighted by Crippen LogP contribution is 2.37. The number of fused-ring (bicyclic) bond motifs is 1. The van der Waals surface area contributed by atoms with E-state index < -0.39 is 0 Å². The van der Waals surface area contributed by atoms with Crippen LogP contribution in [0.15, 0.2) is 66.9 Å². The largest absolute Gasteiger partial charge is 0.497 e. The van der Waals surface area contributed by atoms with E-state index in [0.717, 1.165) is 28.4 Å². The Kier molecular flexibility index (Phi) is 4.05. The zero-order chi connectivity index (χ0) is 18.1. The van der Waals surface area contributed by atoms with Crippen LogP contribution < -0.4 is 15.0 Å². The van der Waals surface area contributed by atoms with Crippen molar-refractivity contribution in [3.05, 3.63) is 83.7 Å². The number of hydrogen-bond donors (Lipinski definition) is 1. The predicted octanol–water partition coefficient (Wildman–Crippen LogP) is 4.17. The van der Waals surface area contributed by atoms with Crippen molar-refractivity contribution < 1.29 is 9.53 Å². The van der Waals surface area contributed by atoms with Crippen molar-refractivity contribution in [2.45, 2.75) is 13.1 Å². The summed E-state index contributed by atoms with van der Waals surface area (Å²) in [6.07, 6.45) is 1.33. The minimum absolute atomic E-state index is 0.0580. The maximum atomic E-state index is 13.0. The highest BCUT2D eigenvalue weighted by Gasteiger charge is 2.38. The third kappa shape index (κ3) is 2.77. The Labute approximate surface area is 152 Å². The van der Waals surface area contributed by atoms with E-state index in [-0.39, 0.29) is 12.1 Å². The Morgan fingerprint density at radius 2 is 1.88 bits per heavy atom. The molecule has 3 aromatic rings. The summed E-state index contributed by atoms with van der Waals surface area (Å²) in [4.78, 5) is 19.2. The number of aromatic nitrogens is 1. The SMILES string of the molecule is COc1cccc(NC2c3ncccc3C(=O)N2c2ccc(C)cc2)c1. The van der Waals surface area contributed by atoms with E-state index in [1.54, 1.807) is 24.3 Å². The molecule has 130 valence electrons. The molecule has 5 nitrogen and oxygen atoms in total. The van der Waals surface area contributed by atoms with E-state index in [1.807, 2.05) is 61.5 Å². The summed E-state index contributed by atoms with van der Waals surface area (Å²) in [5.41, 5.74) is 4.18. The molecule has 1 aliphatic rings. The molecule has 0 radical (unpaired) electrons. The van der Waals surface area contributed by atoms with Crippen LogP contribution in [-0.4, -0.2) is 18.0 Å². The molecule has 1 unspecified atom stereocenters. The van der Waals surface area contributed by atoms with Crippen LogP contribution in [0.1, 0.15) is 27.8 Å². The number of amides is 1. The smallest absolute Gasteiger partial charge is 0.262 e. The van der Waals surface area contributed by atoms with Gasteiger partial charge in [0, 0.05) is 23.6 Å². The average molecular weight is 345 g/mol. The van der Waals surface area contributed by atoms with Crippen LogP contribution in [0.3, 0.4) is 0 Å². The van der Waals surface area contributed by atoms with Crippen LogP contribution in [0.4, 0.5) is 11.4 Å². The lowest BCUT2D eigenvalue weighted by Gasteiger charge is -2.26. The Morgan fingerprint density at radius 1 is 1.08 bits per heavy atom. The third-order valence-corrected chi connectivity index (χ3v) is 4.49. The van der Waals surface area contributed by atoms with Gasteiger partial charge in [-0.05, 0) is 43.3 Å². The van der Waals surface area contributed by atoms with Gasteiger partial charge in [0.15, 0.2) is 6.17 Å². The summed E-state index contributed by atoms with van der Waals surface area (Å²) in [6.45, 7) is 2.03. The molecule has 1 aliphatic heterocycles. The second-order valence-electron chi connectivity index (χ2n) is 6.23. The Hall–Kier alpha value is -3.34. The van der Waals surface area contributed by atoms with Gasteiger partial charge in [-0.25, -0.2) is 0 Å². The molecule has 4 rings (SSSR count). The fourth-order valence-electron chi connectivity index (χ4n) is 3.16. The molecule has 1 aromatic heterocycles. The number of aryl methyl sites for hydroxylation is 1. The number of nitrogens with one attached hydrogen (secondary N) is 1. The van der Waals surface area contributed by atoms with Gasteiger partial charge in [-0.3, -0.25) is 14.7 Å². The third-order valence-electron chi connectivity index (χ3n) is 4.49. The van der Waals surface area contributed by atoms with Gasteiger partial charge < -0.3 is 10.1 Å². The molecule has 0 spiro atoms. The topological polar surface area (TPSA) is 54.5 Å². The first-order valence-corrected chi connectivity index (χ1v) is 8.43.